The summed E-state index contributed by atoms with van der Waals surface area (Å²) in [6.45, 7) is 18.5. The lowest BCUT2D eigenvalue weighted by Crippen LogP contribution is -2.05. The van der Waals surface area contributed by atoms with Gasteiger partial charge in [0.2, 0.25) is 0 Å². The molecule has 0 fully saturated rings. The molecule has 0 aromatic heterocycles. The lowest BCUT2D eigenvalue weighted by Gasteiger charge is -2.08. The Morgan fingerprint density at radius 2 is 1.14 bits per heavy atom. The summed E-state index contributed by atoms with van der Waals surface area (Å²) in [5.74, 6) is 1.24. The fourth-order valence-electron chi connectivity index (χ4n) is 1.13. The number of unbranched alkanes of at least 4 members (excludes halogenated alkanes) is 1. The number of benzene rings is 1. The van der Waals surface area contributed by atoms with Crippen LogP contribution in [0.4, 0.5) is 0 Å². The molecule has 5 heteroatoms. The van der Waals surface area contributed by atoms with Gasteiger partial charge in [-0.15, -0.1) is 0 Å². The second kappa shape index (κ2) is 64.9. The number of aryl methyl sites for hydroxylation is 1. The fraction of sp³-hybridized carbons (Fsp3) is 0.812. The van der Waals surface area contributed by atoms with Crippen LogP contribution in [0.3, 0.4) is 0 Å². The van der Waals surface area contributed by atoms with Crippen molar-refractivity contribution in [1.29, 1.82) is 0 Å². The minimum absolute atomic E-state index is 0. The minimum atomic E-state index is 0. The van der Waals surface area contributed by atoms with Gasteiger partial charge < -0.3 is 19.5 Å². The van der Waals surface area contributed by atoms with Crippen LogP contribution in [0.5, 0.6) is 0 Å². The van der Waals surface area contributed by atoms with Crippen molar-refractivity contribution >= 4 is 11.8 Å². The van der Waals surface area contributed by atoms with E-state index in [1.165, 1.54) is 24.2 Å². The molecule has 0 bridgehead atoms. The minimum Gasteiger partial charge on any atom is -0.385 e. The van der Waals surface area contributed by atoms with E-state index in [0.29, 0.717) is 12.2 Å². The van der Waals surface area contributed by atoms with Gasteiger partial charge in [-0.05, 0) is 71.7 Å². The molecule has 0 aliphatic carbocycles. The molecule has 0 aliphatic heterocycles. The lowest BCUT2D eigenvalue weighted by molar-refractivity contribution is 0.111. The zero-order chi connectivity index (χ0) is 26.8. The van der Waals surface area contributed by atoms with Gasteiger partial charge in [-0.25, -0.2) is 0 Å². The Hall–Kier alpha value is -0.590. The second-order valence-electron chi connectivity index (χ2n) is 7.22. The largest absolute Gasteiger partial charge is 0.385 e. The molecule has 0 radical (unpaired) electrons. The number of thioether (sulfide) groups is 1. The topological polar surface area (TPSA) is 39.7 Å². The van der Waals surface area contributed by atoms with Gasteiger partial charge in [-0.1, -0.05) is 101 Å². The lowest BCUT2D eigenvalue weighted by atomic mass is 10.1. The van der Waals surface area contributed by atoms with Crippen molar-refractivity contribution in [3.8, 4) is 0 Å². The summed E-state index contributed by atoms with van der Waals surface area (Å²) in [5.41, 5.74) is 1.39. The summed E-state index contributed by atoms with van der Waals surface area (Å²) in [6.07, 6.45) is 7.69. The van der Waals surface area contributed by atoms with Crippen molar-refractivity contribution in [3.05, 3.63) is 35.9 Å². The Morgan fingerprint density at radius 3 is 1.32 bits per heavy atom. The molecule has 1 N–H and O–H groups in total. The summed E-state index contributed by atoms with van der Waals surface area (Å²) in [5, 5.41) is 2.93. The Kier molecular flexibility index (Phi) is 107. The predicted molar refractivity (Wildman–Crippen MR) is 182 cm³/mol. The van der Waals surface area contributed by atoms with Crippen molar-refractivity contribution in [2.24, 2.45) is 0 Å². The molecule has 1 aromatic rings. The maximum atomic E-state index is 5.17. The molecule has 0 spiro atoms. The van der Waals surface area contributed by atoms with Gasteiger partial charge in [-0.2, -0.15) is 11.8 Å². The molecule has 1 unspecified atom stereocenters. The van der Waals surface area contributed by atoms with Crippen molar-refractivity contribution in [2.45, 2.75) is 123 Å². The average molecular weight is 556 g/mol. The fourth-order valence-corrected chi connectivity index (χ4v) is 1.13. The number of methoxy groups -OCH3 is 3. The summed E-state index contributed by atoms with van der Waals surface area (Å²) in [4.78, 5) is 0. The Morgan fingerprint density at radius 1 is 0.784 bits per heavy atom. The SMILES string of the molecule is C.C.C.C.CCCC.CCNC.CCOC.CCSC.COC(C)C.COC(C)CCc1ccccc1. The van der Waals surface area contributed by atoms with Crippen LogP contribution in [0, 0.1) is 0 Å². The third-order valence-corrected chi connectivity index (χ3v) is 4.56. The van der Waals surface area contributed by atoms with Crippen LogP contribution in [-0.2, 0) is 20.6 Å². The summed E-state index contributed by atoms with van der Waals surface area (Å²) >= 11 is 1.86. The van der Waals surface area contributed by atoms with Crippen LogP contribution < -0.4 is 5.32 Å². The van der Waals surface area contributed by atoms with Crippen LogP contribution in [0.1, 0.15) is 110 Å². The van der Waals surface area contributed by atoms with Crippen molar-refractivity contribution in [1.82, 2.24) is 5.32 Å². The molecule has 234 valence electrons. The number of nitrogens with one attached hydrogen (secondary N) is 1. The first kappa shape index (κ1) is 60.8. The highest BCUT2D eigenvalue weighted by Crippen LogP contribution is 2.05. The third-order valence-electron chi connectivity index (χ3n) is 3.99. The van der Waals surface area contributed by atoms with E-state index in [1.807, 2.05) is 45.6 Å². The van der Waals surface area contributed by atoms with E-state index in [9.17, 15) is 0 Å². The standard InChI is InChI=1S/C11H16O.C4H10O.C4H10.C3H9N.C3H8O.C3H8S.4CH4/c1-10(12-2)8-9-11-6-4-3-5-7-11;1-4(2)5-3;4*1-3-4-2;;;;/h3-7,10H,8-9H2,1-2H3;4H,1-3H3;3-4H2,1-2H3;4H,3H2,1-2H3;2*3H2,1-2H3;4*1H4. The van der Waals surface area contributed by atoms with Gasteiger partial charge in [0.1, 0.15) is 0 Å². The predicted octanol–water partition coefficient (Wildman–Crippen LogP) is 10.3. The maximum absolute atomic E-state index is 5.17. The highest BCUT2D eigenvalue weighted by atomic mass is 32.2. The average Bonchev–Trinajstić information content (AvgIpc) is 2.88. The third kappa shape index (κ3) is 94.9. The first-order chi connectivity index (χ1) is 15.8. The van der Waals surface area contributed by atoms with E-state index < -0.39 is 0 Å². The van der Waals surface area contributed by atoms with Gasteiger partial charge >= 0.3 is 0 Å². The van der Waals surface area contributed by atoms with E-state index in [4.69, 9.17) is 9.47 Å². The molecular formula is C32H77NO3S. The smallest absolute Gasteiger partial charge is 0.0546 e. The quantitative estimate of drug-likeness (QED) is 0.328. The number of ether oxygens (including phenoxy) is 3. The van der Waals surface area contributed by atoms with E-state index in [0.717, 1.165) is 26.0 Å². The molecule has 1 rings (SSSR count). The second-order valence-corrected chi connectivity index (χ2v) is 8.37. The molecular weight excluding hydrogens is 478 g/mol. The van der Waals surface area contributed by atoms with Crippen LogP contribution >= 0.6 is 11.8 Å². The highest BCUT2D eigenvalue weighted by Gasteiger charge is 1.98. The molecule has 4 nitrogen and oxygen atoms in total. The van der Waals surface area contributed by atoms with Gasteiger partial charge in [0.25, 0.3) is 0 Å². The molecule has 0 saturated carbocycles. The van der Waals surface area contributed by atoms with Gasteiger partial charge in [0, 0.05) is 27.9 Å². The molecule has 1 aromatic carbocycles. The van der Waals surface area contributed by atoms with Crippen LogP contribution in [0.25, 0.3) is 0 Å². The van der Waals surface area contributed by atoms with Crippen molar-refractivity contribution in [2.75, 3.05) is 53.5 Å². The zero-order valence-electron chi connectivity index (χ0n) is 24.6. The monoisotopic (exact) mass is 556 g/mol. The van der Waals surface area contributed by atoms with Crippen LogP contribution in [0.2, 0.25) is 0 Å². The van der Waals surface area contributed by atoms with Gasteiger partial charge in [-0.3, -0.25) is 0 Å². The number of rotatable bonds is 9. The van der Waals surface area contributed by atoms with E-state index >= 15 is 0 Å². The molecule has 0 saturated heterocycles. The Labute approximate surface area is 243 Å². The van der Waals surface area contributed by atoms with Crippen molar-refractivity contribution in [3.63, 3.8) is 0 Å². The Bertz CT molecular complexity index is 356. The summed E-state index contributed by atoms with van der Waals surface area (Å²) < 4.78 is 14.5. The van der Waals surface area contributed by atoms with E-state index in [1.54, 1.807) is 21.3 Å². The molecule has 0 aliphatic rings. The maximum Gasteiger partial charge on any atom is 0.0546 e. The Balaban J connectivity index is -0.0000000387. The molecule has 37 heavy (non-hydrogen) atoms. The molecule has 1 atom stereocenters. The highest BCUT2D eigenvalue weighted by molar-refractivity contribution is 7.98. The van der Waals surface area contributed by atoms with Crippen molar-refractivity contribution < 1.29 is 14.2 Å². The van der Waals surface area contributed by atoms with Crippen LogP contribution in [0.15, 0.2) is 30.3 Å². The summed E-state index contributed by atoms with van der Waals surface area (Å²) in [7, 11) is 7.07. The first-order valence-electron chi connectivity index (χ1n) is 12.5. The van der Waals surface area contributed by atoms with Gasteiger partial charge in [0.05, 0.1) is 12.2 Å². The molecule has 0 heterocycles. The molecule has 0 amide bonds. The van der Waals surface area contributed by atoms with E-state index in [2.05, 4.69) is 75.2 Å². The first-order valence-corrected chi connectivity index (χ1v) is 13.9. The number of hydrogen-bond donors (Lipinski definition) is 1. The summed E-state index contributed by atoms with van der Waals surface area (Å²) in [6, 6.07) is 10.5. The normalized spacial score (nSPS) is 8.70. The zero-order valence-corrected chi connectivity index (χ0v) is 25.4. The number of hydrogen-bond acceptors (Lipinski definition) is 5. The van der Waals surface area contributed by atoms with Gasteiger partial charge in [0.15, 0.2) is 0 Å². The van der Waals surface area contributed by atoms with E-state index in [-0.39, 0.29) is 29.7 Å². The van der Waals surface area contributed by atoms with Crippen LogP contribution in [-0.4, -0.2) is 65.7 Å².